The molecule has 5 nitrogen and oxygen atoms in total. The lowest BCUT2D eigenvalue weighted by Crippen LogP contribution is -2.46. The molecule has 0 saturated carbocycles. The lowest BCUT2D eigenvalue weighted by molar-refractivity contribution is -0.185. The number of benzene rings is 1. The number of aliphatic hydroxyl groups excluding tert-OH is 1. The number of para-hydroxylation sites is 1. The minimum atomic E-state index is -5.24. The van der Waals surface area contributed by atoms with E-state index in [0.717, 1.165) is 17.0 Å². The zero-order valence-electron chi connectivity index (χ0n) is 17.8. The molecule has 11 heteroatoms. The molecule has 0 aliphatic carbocycles. The van der Waals surface area contributed by atoms with Crippen molar-refractivity contribution in [2.45, 2.75) is 50.0 Å². The van der Waals surface area contributed by atoms with Crippen molar-refractivity contribution in [3.8, 4) is 0 Å². The third-order valence-electron chi connectivity index (χ3n) is 5.24. The average Bonchev–Trinajstić information content (AvgIpc) is 2.71. The molecule has 0 bridgehead atoms. The Kier molecular flexibility index (Phi) is 10.1. The maximum Gasteiger partial charge on any atom is 0.428 e. The highest BCUT2D eigenvalue weighted by molar-refractivity contribution is 6.79. The van der Waals surface area contributed by atoms with Crippen molar-refractivity contribution in [2.75, 3.05) is 31.9 Å². The fourth-order valence-electron chi connectivity index (χ4n) is 3.12. The summed E-state index contributed by atoms with van der Waals surface area (Å²) in [5.41, 5.74) is 0.236. The van der Waals surface area contributed by atoms with Gasteiger partial charge in [0.15, 0.2) is 0 Å². The summed E-state index contributed by atoms with van der Waals surface area (Å²) in [5, 5.41) is 9.58. The first-order chi connectivity index (χ1) is 13.9. The second kappa shape index (κ2) is 11.4. The monoisotopic (exact) mass is 469 g/mol. The highest BCUT2D eigenvalue weighted by atomic mass is 28.4. The number of rotatable bonds is 12. The number of aliphatic hydroxyl groups is 1. The molecule has 0 saturated heterocycles. The summed E-state index contributed by atoms with van der Waals surface area (Å²) in [4.78, 5) is 13.1. The van der Waals surface area contributed by atoms with Gasteiger partial charge in [-0.3, -0.25) is 4.79 Å². The number of carbonyl (C=O) groups is 1. The largest absolute Gasteiger partial charge is 0.428 e. The quantitative estimate of drug-likeness (QED) is 0.367. The van der Waals surface area contributed by atoms with Crippen molar-refractivity contribution in [2.24, 2.45) is 0 Å². The van der Waals surface area contributed by atoms with E-state index in [9.17, 15) is 27.5 Å². The van der Waals surface area contributed by atoms with Crippen molar-refractivity contribution in [3.05, 3.63) is 30.3 Å². The minimum Gasteiger partial charge on any atom is -0.396 e. The molecular formula is C19H31F4NO4Si2. The number of hydrogen-bond acceptors (Lipinski definition) is 4. The molecule has 172 valence electrons. The van der Waals surface area contributed by atoms with Crippen LogP contribution in [0.25, 0.3) is 0 Å². The predicted molar refractivity (Wildman–Crippen MR) is 113 cm³/mol. The molecule has 1 N–H and O–H groups in total. The Balaban J connectivity index is 2.81. The fraction of sp³-hybridized carbons (Fsp3) is 0.632. The van der Waals surface area contributed by atoms with Crippen molar-refractivity contribution in [3.63, 3.8) is 0 Å². The van der Waals surface area contributed by atoms with E-state index in [1.54, 1.807) is 18.2 Å². The van der Waals surface area contributed by atoms with E-state index in [1.165, 1.54) is 26.4 Å². The topological polar surface area (TPSA) is 59.0 Å². The fourth-order valence-corrected chi connectivity index (χ4v) is 9.70. The smallest absolute Gasteiger partial charge is 0.396 e. The number of carbonyl (C=O) groups excluding carboxylic acids is 1. The van der Waals surface area contributed by atoms with Crippen molar-refractivity contribution in [1.29, 1.82) is 0 Å². The molecule has 1 rings (SSSR count). The third-order valence-corrected chi connectivity index (χ3v) is 12.0. The van der Waals surface area contributed by atoms with E-state index >= 15 is 0 Å². The van der Waals surface area contributed by atoms with Crippen LogP contribution in [0, 0.1) is 0 Å². The Labute approximate surface area is 177 Å². The Bertz CT molecular complexity index is 649. The maximum atomic E-state index is 13.7. The molecular weight excluding hydrogens is 438 g/mol. The molecule has 0 spiro atoms. The minimum absolute atomic E-state index is 0.00704. The Morgan fingerprint density at radius 1 is 1.10 bits per heavy atom. The number of halogens is 4. The van der Waals surface area contributed by atoms with Crippen molar-refractivity contribution >= 4 is 28.2 Å². The first kappa shape index (κ1) is 26.8. The van der Waals surface area contributed by atoms with E-state index in [1.807, 2.05) is 0 Å². The Hall–Kier alpha value is -1.28. The molecule has 0 fully saturated rings. The van der Waals surface area contributed by atoms with Crippen molar-refractivity contribution < 1.29 is 36.3 Å². The van der Waals surface area contributed by atoms with Gasteiger partial charge in [0.1, 0.15) is 0 Å². The van der Waals surface area contributed by atoms with Crippen LogP contribution in [0.2, 0.25) is 31.2 Å². The van der Waals surface area contributed by atoms with Crippen LogP contribution in [0.1, 0.15) is 6.42 Å². The molecule has 0 aliphatic heterocycles. The number of anilines is 1. The lowest BCUT2D eigenvalue weighted by atomic mass is 10.2. The van der Waals surface area contributed by atoms with Gasteiger partial charge in [-0.05, 0) is 24.6 Å². The predicted octanol–water partition coefficient (Wildman–Crippen LogP) is 4.29. The van der Waals surface area contributed by atoms with Crippen LogP contribution >= 0.6 is 0 Å². The van der Waals surface area contributed by atoms with Gasteiger partial charge in [-0.1, -0.05) is 43.4 Å². The van der Waals surface area contributed by atoms with Gasteiger partial charge >= 0.3 is 14.7 Å². The molecule has 0 aliphatic rings. The van der Waals surface area contributed by atoms with Gasteiger partial charge < -0.3 is 18.9 Å². The first-order valence-electron chi connectivity index (χ1n) is 9.70. The van der Waals surface area contributed by atoms with Gasteiger partial charge in [0.2, 0.25) is 0 Å². The van der Waals surface area contributed by atoms with E-state index < -0.39 is 34.9 Å². The molecule has 1 amide bonds. The summed E-state index contributed by atoms with van der Waals surface area (Å²) < 4.78 is 62.8. The maximum absolute atomic E-state index is 13.7. The van der Waals surface area contributed by atoms with Gasteiger partial charge in [-0.2, -0.15) is 13.2 Å². The molecule has 1 aromatic carbocycles. The Morgan fingerprint density at radius 3 is 2.13 bits per heavy atom. The highest BCUT2D eigenvalue weighted by Crippen LogP contribution is 2.29. The number of alkyl halides is 4. The van der Waals surface area contributed by atoms with Crippen LogP contribution in [0.5, 0.6) is 0 Å². The van der Waals surface area contributed by atoms with Crippen LogP contribution in [0.4, 0.5) is 23.2 Å². The van der Waals surface area contributed by atoms with Crippen LogP contribution in [-0.2, 0) is 13.6 Å². The lowest BCUT2D eigenvalue weighted by Gasteiger charge is -2.31. The summed E-state index contributed by atoms with van der Waals surface area (Å²) in [6.45, 7) is 4.24. The standard InChI is InChI=1S/C19H31F4NO4Si2/c1-27-30(15-25,28-2)14-13-29(3,4)12-8-11-24(16-9-6-5-7-10-16)18(26)17(20)19(21,22)23/h5-7,9-10,17,25H,8,11-15H2,1-4H3. The third kappa shape index (κ3) is 7.76. The normalized spacial score (nSPS) is 13.9. The number of amides is 1. The van der Waals surface area contributed by atoms with E-state index in [0.29, 0.717) is 12.5 Å². The zero-order valence-corrected chi connectivity index (χ0v) is 19.8. The van der Waals surface area contributed by atoms with Crippen LogP contribution in [0.15, 0.2) is 30.3 Å². The molecule has 0 heterocycles. The van der Waals surface area contributed by atoms with Gasteiger partial charge in [0.05, 0.1) is 6.23 Å². The SMILES string of the molecule is CO[Si](CO)(CC[Si](C)(C)CCCN(C(=O)C(F)C(F)(F)F)c1ccccc1)OC. The summed E-state index contributed by atoms with van der Waals surface area (Å²) in [7, 11) is -1.44. The second-order valence-corrected chi connectivity index (χ2v) is 16.8. The van der Waals surface area contributed by atoms with Crippen molar-refractivity contribution in [1.82, 2.24) is 0 Å². The van der Waals surface area contributed by atoms with E-state index in [2.05, 4.69) is 13.1 Å². The van der Waals surface area contributed by atoms with Crippen LogP contribution in [-0.4, -0.2) is 67.0 Å². The second-order valence-electron chi connectivity index (χ2n) is 7.97. The summed E-state index contributed by atoms with van der Waals surface area (Å²) in [6, 6.07) is 9.95. The molecule has 0 radical (unpaired) electrons. The summed E-state index contributed by atoms with van der Waals surface area (Å²) in [5.74, 6) is -1.60. The van der Waals surface area contributed by atoms with Crippen LogP contribution < -0.4 is 4.90 Å². The zero-order chi connectivity index (χ0) is 23.0. The molecule has 0 aromatic heterocycles. The first-order valence-corrected chi connectivity index (χ1v) is 15.3. The molecule has 1 unspecified atom stereocenters. The van der Waals surface area contributed by atoms with E-state index in [4.69, 9.17) is 8.85 Å². The molecule has 1 aromatic rings. The van der Waals surface area contributed by atoms with Gasteiger partial charge in [-0.25, -0.2) is 4.39 Å². The van der Waals surface area contributed by atoms with Gasteiger partial charge in [0.25, 0.3) is 12.1 Å². The van der Waals surface area contributed by atoms with Gasteiger partial charge in [-0.15, -0.1) is 0 Å². The average molecular weight is 470 g/mol. The van der Waals surface area contributed by atoms with E-state index in [-0.39, 0.29) is 18.5 Å². The highest BCUT2D eigenvalue weighted by Gasteiger charge is 2.47. The summed E-state index contributed by atoms with van der Waals surface area (Å²) >= 11 is 0. The molecule has 1 atom stereocenters. The Morgan fingerprint density at radius 2 is 1.67 bits per heavy atom. The molecule has 30 heavy (non-hydrogen) atoms. The number of hydrogen-bond donors (Lipinski definition) is 1. The van der Waals surface area contributed by atoms with Crippen LogP contribution in [0.3, 0.4) is 0 Å². The van der Waals surface area contributed by atoms with Gasteiger partial charge in [0, 0.05) is 34.5 Å². The summed E-state index contributed by atoms with van der Waals surface area (Å²) in [6.07, 6.45) is -8.51. The number of nitrogens with zero attached hydrogens (tertiary/aromatic N) is 1.